The highest BCUT2D eigenvalue weighted by atomic mass is 127. The summed E-state index contributed by atoms with van der Waals surface area (Å²) in [5.41, 5.74) is -0.537. The van der Waals surface area contributed by atoms with Gasteiger partial charge in [0.1, 0.15) is 0 Å². The van der Waals surface area contributed by atoms with Crippen molar-refractivity contribution in [1.29, 1.82) is 0 Å². The van der Waals surface area contributed by atoms with Crippen LogP contribution in [-0.2, 0) is 0 Å². The van der Waals surface area contributed by atoms with E-state index in [1.165, 1.54) is 12.1 Å². The van der Waals surface area contributed by atoms with Crippen molar-refractivity contribution in [2.24, 2.45) is 0 Å². The summed E-state index contributed by atoms with van der Waals surface area (Å²) in [5.74, 6) is 0. The summed E-state index contributed by atoms with van der Waals surface area (Å²) in [7, 11) is 0. The molecule has 0 aliphatic carbocycles. The summed E-state index contributed by atoms with van der Waals surface area (Å²) in [6.07, 6.45) is 0. The molecule has 0 aliphatic heterocycles. The maximum Gasteiger partial charge on any atom is 0.509 e. The molecule has 0 atom stereocenters. The van der Waals surface area contributed by atoms with E-state index >= 15 is 0 Å². The van der Waals surface area contributed by atoms with Crippen LogP contribution >= 0.6 is 22.6 Å². The monoisotopic (exact) mass is 271 g/mol. The molecule has 0 nitrogen and oxygen atoms in total. The first-order chi connectivity index (χ1) is 5.00. The predicted molar refractivity (Wildman–Crippen MR) is 47.9 cm³/mol. The van der Waals surface area contributed by atoms with E-state index in [1.807, 2.05) is 22.6 Å². The molecule has 0 aliphatic rings. The van der Waals surface area contributed by atoms with Gasteiger partial charge in [0, 0.05) is 3.57 Å². The molecular formula is C6H4BF3I-. The Bertz CT molecular complexity index is 241. The molecule has 0 amide bonds. The SMILES string of the molecule is F[B-](F)(F)c1ccc(I)cc1. The Labute approximate surface area is 76.0 Å². The summed E-state index contributed by atoms with van der Waals surface area (Å²) >= 11 is 1.96. The van der Waals surface area contributed by atoms with E-state index in [1.54, 1.807) is 0 Å². The van der Waals surface area contributed by atoms with Crippen LogP contribution in [0.25, 0.3) is 0 Å². The maximum absolute atomic E-state index is 12.0. The van der Waals surface area contributed by atoms with Gasteiger partial charge < -0.3 is 12.9 Å². The van der Waals surface area contributed by atoms with Gasteiger partial charge in [-0.05, 0) is 22.6 Å². The van der Waals surface area contributed by atoms with Crippen LogP contribution in [0.1, 0.15) is 0 Å². The predicted octanol–water partition coefficient (Wildman–Crippen LogP) is 2.35. The minimum Gasteiger partial charge on any atom is -0.445 e. The van der Waals surface area contributed by atoms with E-state index in [9.17, 15) is 12.9 Å². The van der Waals surface area contributed by atoms with E-state index in [0.29, 0.717) is 0 Å². The van der Waals surface area contributed by atoms with E-state index in [-0.39, 0.29) is 0 Å². The lowest BCUT2D eigenvalue weighted by molar-refractivity contribution is 0.501. The Kier molecular flexibility index (Phi) is 2.46. The molecule has 0 heterocycles. The van der Waals surface area contributed by atoms with Crippen LogP contribution in [0.5, 0.6) is 0 Å². The van der Waals surface area contributed by atoms with Crippen LogP contribution in [0.3, 0.4) is 0 Å². The quantitative estimate of drug-likeness (QED) is 0.543. The topological polar surface area (TPSA) is 0 Å². The van der Waals surface area contributed by atoms with E-state index in [2.05, 4.69) is 0 Å². The lowest BCUT2D eigenvalue weighted by Gasteiger charge is -2.13. The molecule has 0 spiro atoms. The van der Waals surface area contributed by atoms with Gasteiger partial charge in [0.15, 0.2) is 0 Å². The molecule has 0 radical (unpaired) electrons. The molecule has 0 aromatic heterocycles. The van der Waals surface area contributed by atoms with Gasteiger partial charge in [-0.3, -0.25) is 0 Å². The summed E-state index contributed by atoms with van der Waals surface area (Å²) in [6, 6.07) is 5.10. The summed E-state index contributed by atoms with van der Waals surface area (Å²) in [6.45, 7) is -4.82. The molecule has 0 bridgehead atoms. The van der Waals surface area contributed by atoms with Crippen molar-refractivity contribution in [2.45, 2.75) is 0 Å². The Balaban J connectivity index is 2.99. The fraction of sp³-hybridized carbons (Fsp3) is 0. The number of hydrogen-bond acceptors (Lipinski definition) is 0. The third-order valence-corrected chi connectivity index (χ3v) is 1.97. The van der Waals surface area contributed by atoms with Gasteiger partial charge in [0.2, 0.25) is 0 Å². The largest absolute Gasteiger partial charge is 0.509 e. The van der Waals surface area contributed by atoms with Crippen molar-refractivity contribution >= 4 is 35.0 Å². The van der Waals surface area contributed by atoms with Crippen LogP contribution in [0.15, 0.2) is 24.3 Å². The second kappa shape index (κ2) is 3.04. The minimum absolute atomic E-state index is 0.537. The molecule has 0 unspecified atom stereocenters. The maximum atomic E-state index is 12.0. The van der Waals surface area contributed by atoms with Crippen molar-refractivity contribution in [3.63, 3.8) is 0 Å². The van der Waals surface area contributed by atoms with E-state index in [4.69, 9.17) is 0 Å². The Hall–Kier alpha value is -0.195. The second-order valence-electron chi connectivity index (χ2n) is 2.13. The number of rotatable bonds is 1. The van der Waals surface area contributed by atoms with Gasteiger partial charge in [-0.1, -0.05) is 24.3 Å². The smallest absolute Gasteiger partial charge is 0.445 e. The molecule has 1 aromatic rings. The number of benzene rings is 1. The first kappa shape index (κ1) is 8.90. The van der Waals surface area contributed by atoms with Gasteiger partial charge in [0.25, 0.3) is 0 Å². The van der Waals surface area contributed by atoms with Gasteiger partial charge in [-0.15, -0.1) is 5.46 Å². The number of halogens is 4. The average molecular weight is 271 g/mol. The highest BCUT2D eigenvalue weighted by molar-refractivity contribution is 14.1. The van der Waals surface area contributed by atoms with Crippen molar-refractivity contribution in [2.75, 3.05) is 0 Å². The fourth-order valence-corrected chi connectivity index (χ4v) is 1.04. The van der Waals surface area contributed by atoms with Crippen LogP contribution in [0.2, 0.25) is 0 Å². The summed E-state index contributed by atoms with van der Waals surface area (Å²) in [5, 5.41) is 0. The van der Waals surface area contributed by atoms with Crippen LogP contribution in [-0.4, -0.2) is 6.98 Å². The van der Waals surface area contributed by atoms with Gasteiger partial charge in [-0.2, -0.15) is 0 Å². The third-order valence-electron chi connectivity index (χ3n) is 1.25. The molecule has 1 rings (SSSR count). The van der Waals surface area contributed by atoms with Crippen LogP contribution in [0.4, 0.5) is 12.9 Å². The molecule has 5 heteroatoms. The molecule has 11 heavy (non-hydrogen) atoms. The van der Waals surface area contributed by atoms with Crippen molar-refractivity contribution in [3.05, 3.63) is 27.8 Å². The minimum atomic E-state index is -4.82. The molecule has 0 fully saturated rings. The molecule has 60 valence electrons. The zero-order valence-corrected chi connectivity index (χ0v) is 7.56. The van der Waals surface area contributed by atoms with E-state index < -0.39 is 12.4 Å². The zero-order chi connectivity index (χ0) is 8.48. The van der Waals surface area contributed by atoms with Crippen LogP contribution < -0.4 is 5.46 Å². The lowest BCUT2D eigenvalue weighted by Crippen LogP contribution is -2.33. The molecule has 1 aromatic carbocycles. The normalized spacial score (nSPS) is 11.6. The van der Waals surface area contributed by atoms with Crippen molar-refractivity contribution < 1.29 is 12.9 Å². The van der Waals surface area contributed by atoms with Gasteiger partial charge in [0.05, 0.1) is 0 Å². The Morgan fingerprint density at radius 1 is 1.00 bits per heavy atom. The van der Waals surface area contributed by atoms with Crippen LogP contribution in [0, 0.1) is 3.57 Å². The Morgan fingerprint density at radius 2 is 1.45 bits per heavy atom. The second-order valence-corrected chi connectivity index (χ2v) is 3.37. The fourth-order valence-electron chi connectivity index (χ4n) is 0.681. The molecule has 0 saturated carbocycles. The molecular weight excluding hydrogens is 267 g/mol. The third kappa shape index (κ3) is 2.39. The average Bonchev–Trinajstić information content (AvgIpc) is 1.86. The van der Waals surface area contributed by atoms with Crippen molar-refractivity contribution in [3.8, 4) is 0 Å². The summed E-state index contributed by atoms with van der Waals surface area (Å²) in [4.78, 5) is 0. The number of hydrogen-bond donors (Lipinski definition) is 0. The Morgan fingerprint density at radius 3 is 1.82 bits per heavy atom. The van der Waals surface area contributed by atoms with Gasteiger partial charge >= 0.3 is 6.98 Å². The van der Waals surface area contributed by atoms with Crippen molar-refractivity contribution in [1.82, 2.24) is 0 Å². The van der Waals surface area contributed by atoms with Gasteiger partial charge in [-0.25, -0.2) is 0 Å². The first-order valence-electron chi connectivity index (χ1n) is 2.95. The highest BCUT2D eigenvalue weighted by Crippen LogP contribution is 2.10. The first-order valence-corrected chi connectivity index (χ1v) is 4.03. The standard InChI is InChI=1S/C6H4BF3I/c8-7(9,10)5-1-3-6(11)4-2-5/h1-4H/q-1. The molecule has 0 saturated heterocycles. The highest BCUT2D eigenvalue weighted by Gasteiger charge is 2.24. The zero-order valence-electron chi connectivity index (χ0n) is 5.40. The molecule has 0 N–H and O–H groups in total. The lowest BCUT2D eigenvalue weighted by atomic mass is 9.80. The summed E-state index contributed by atoms with van der Waals surface area (Å²) < 4.78 is 36.8. The van der Waals surface area contributed by atoms with E-state index in [0.717, 1.165) is 15.7 Å².